The molecule has 0 aromatic heterocycles. The number of carbonyl (C=O) groups is 2. The van der Waals surface area contributed by atoms with Crippen molar-refractivity contribution in [2.24, 2.45) is 5.41 Å². The highest BCUT2D eigenvalue weighted by Crippen LogP contribution is 2.37. The summed E-state index contributed by atoms with van der Waals surface area (Å²) in [4.78, 5) is 27.4. The number of likely N-dealkylation sites (tertiary alicyclic amines) is 1. The van der Waals surface area contributed by atoms with Gasteiger partial charge in [-0.15, -0.1) is 0 Å². The number of carbonyl (C=O) groups excluding carboxylic acids is 2. The molecule has 2 amide bonds. The number of rotatable bonds is 5. The van der Waals surface area contributed by atoms with Crippen LogP contribution in [0.4, 0.5) is 0 Å². The standard InChI is InChI=1S/C28H37N3O7S/c1-29-39(36,37)22-9-6-20(7-10-22)8-11-27(35)31-14-12-28(13-15-31)17-24(33)23(32)16-21-4-2-3-5-25(21)38-18-26(34)30-19-28/h2-7,9-10,23-24,29,32-33H,8,11-19H2,1H3,(H,30,34)/t23-,24+/m0/s1. The van der Waals surface area contributed by atoms with E-state index in [0.717, 1.165) is 11.1 Å². The van der Waals surface area contributed by atoms with Gasteiger partial charge in [0, 0.05) is 32.5 Å². The molecule has 2 atom stereocenters. The number of ether oxygens (including phenoxy) is 1. The van der Waals surface area contributed by atoms with E-state index < -0.39 is 27.6 Å². The molecular formula is C28H37N3O7S. The van der Waals surface area contributed by atoms with Crippen molar-refractivity contribution >= 4 is 21.8 Å². The number of piperidine rings is 1. The van der Waals surface area contributed by atoms with E-state index in [0.29, 0.717) is 57.5 Å². The van der Waals surface area contributed by atoms with Gasteiger partial charge in [-0.2, -0.15) is 0 Å². The molecule has 0 aliphatic carbocycles. The van der Waals surface area contributed by atoms with Gasteiger partial charge in [-0.25, -0.2) is 13.1 Å². The maximum Gasteiger partial charge on any atom is 0.257 e. The SMILES string of the molecule is CNS(=O)(=O)c1ccc(CCC(=O)N2CCC3(CC2)CNC(=O)COc2ccccc2C[C@H](O)[C@H](O)C3)cc1. The summed E-state index contributed by atoms with van der Waals surface area (Å²) in [5, 5.41) is 24.6. The Morgan fingerprint density at radius 1 is 1.10 bits per heavy atom. The second kappa shape index (κ2) is 12.5. The minimum absolute atomic E-state index is 0.000414. The fourth-order valence-electron chi connectivity index (χ4n) is 5.28. The van der Waals surface area contributed by atoms with Crippen molar-refractivity contribution < 1.29 is 33.0 Å². The second-order valence-electron chi connectivity index (χ2n) is 10.4. The zero-order valence-corrected chi connectivity index (χ0v) is 23.0. The molecule has 0 unspecified atom stereocenters. The van der Waals surface area contributed by atoms with Crippen molar-refractivity contribution in [1.29, 1.82) is 0 Å². The first-order chi connectivity index (χ1) is 18.6. The lowest BCUT2D eigenvalue weighted by Crippen LogP contribution is -2.51. The van der Waals surface area contributed by atoms with E-state index in [-0.39, 0.29) is 29.7 Å². The van der Waals surface area contributed by atoms with Gasteiger partial charge in [-0.1, -0.05) is 30.3 Å². The first-order valence-corrected chi connectivity index (χ1v) is 14.7. The molecule has 2 aromatic rings. The van der Waals surface area contributed by atoms with Crippen LogP contribution in [-0.4, -0.2) is 80.8 Å². The van der Waals surface area contributed by atoms with E-state index >= 15 is 0 Å². The summed E-state index contributed by atoms with van der Waals surface area (Å²) in [6, 6.07) is 13.7. The van der Waals surface area contributed by atoms with E-state index in [9.17, 15) is 28.2 Å². The second-order valence-corrected chi connectivity index (χ2v) is 12.3. The summed E-state index contributed by atoms with van der Waals surface area (Å²) in [6.07, 6.45) is 0.474. The Balaban J connectivity index is 1.36. The van der Waals surface area contributed by atoms with Crippen LogP contribution in [0.25, 0.3) is 0 Å². The lowest BCUT2D eigenvalue weighted by atomic mass is 9.73. The number of benzene rings is 2. The Labute approximate surface area is 229 Å². The summed E-state index contributed by atoms with van der Waals surface area (Å²) < 4.78 is 31.8. The Morgan fingerprint density at radius 2 is 1.79 bits per heavy atom. The first kappa shape index (κ1) is 29.0. The van der Waals surface area contributed by atoms with E-state index in [1.165, 1.54) is 19.2 Å². The summed E-state index contributed by atoms with van der Waals surface area (Å²) in [7, 11) is -2.15. The third kappa shape index (κ3) is 7.36. The highest BCUT2D eigenvalue weighted by Gasteiger charge is 2.39. The fraction of sp³-hybridized carbons (Fsp3) is 0.500. The van der Waals surface area contributed by atoms with Crippen LogP contribution in [0, 0.1) is 5.41 Å². The number of hydrogen-bond acceptors (Lipinski definition) is 7. The third-order valence-electron chi connectivity index (χ3n) is 7.81. The molecule has 1 saturated heterocycles. The molecule has 2 aromatic carbocycles. The highest BCUT2D eigenvalue weighted by molar-refractivity contribution is 7.89. The summed E-state index contributed by atoms with van der Waals surface area (Å²) in [5.74, 6) is 0.256. The predicted octanol–water partition coefficient (Wildman–Crippen LogP) is 0.999. The quantitative estimate of drug-likeness (QED) is 0.428. The Morgan fingerprint density at radius 3 is 2.49 bits per heavy atom. The van der Waals surface area contributed by atoms with Gasteiger partial charge < -0.3 is 25.2 Å². The smallest absolute Gasteiger partial charge is 0.257 e. The molecule has 1 fully saturated rings. The number of aliphatic hydroxyl groups is 2. The van der Waals surface area contributed by atoms with Crippen LogP contribution in [-0.2, 0) is 32.5 Å². The van der Waals surface area contributed by atoms with Gasteiger partial charge in [0.1, 0.15) is 5.75 Å². The average molecular weight is 560 g/mol. The molecule has 0 bridgehead atoms. The van der Waals surface area contributed by atoms with Gasteiger partial charge in [-0.3, -0.25) is 9.59 Å². The van der Waals surface area contributed by atoms with Crippen molar-refractivity contribution in [1.82, 2.24) is 14.9 Å². The van der Waals surface area contributed by atoms with Gasteiger partial charge in [0.25, 0.3) is 5.91 Å². The van der Waals surface area contributed by atoms with Gasteiger partial charge in [-0.05, 0) is 67.5 Å². The number of aliphatic hydroxyl groups excluding tert-OH is 2. The minimum atomic E-state index is -3.51. The zero-order valence-electron chi connectivity index (χ0n) is 22.1. The molecule has 4 N–H and O–H groups in total. The van der Waals surface area contributed by atoms with Crippen LogP contribution in [0.1, 0.15) is 36.8 Å². The average Bonchev–Trinajstić information content (AvgIpc) is 2.94. The molecule has 0 saturated carbocycles. The van der Waals surface area contributed by atoms with Crippen molar-refractivity contribution in [2.45, 2.75) is 55.6 Å². The Hall–Kier alpha value is -2.99. The monoisotopic (exact) mass is 559 g/mol. The summed E-state index contributed by atoms with van der Waals surface area (Å²) in [5.41, 5.74) is 1.14. The van der Waals surface area contributed by atoms with E-state index in [1.54, 1.807) is 29.2 Å². The van der Waals surface area contributed by atoms with Crippen molar-refractivity contribution in [2.75, 3.05) is 33.3 Å². The van der Waals surface area contributed by atoms with Crippen LogP contribution in [0.2, 0.25) is 0 Å². The Kier molecular flexibility index (Phi) is 9.27. The van der Waals surface area contributed by atoms with E-state index in [1.807, 2.05) is 12.1 Å². The van der Waals surface area contributed by atoms with Gasteiger partial charge in [0.2, 0.25) is 15.9 Å². The largest absolute Gasteiger partial charge is 0.483 e. The molecule has 2 aliphatic heterocycles. The molecule has 39 heavy (non-hydrogen) atoms. The molecule has 1 spiro atoms. The lowest BCUT2D eigenvalue weighted by molar-refractivity contribution is -0.134. The topological polar surface area (TPSA) is 145 Å². The van der Waals surface area contributed by atoms with Crippen molar-refractivity contribution in [3.8, 4) is 5.75 Å². The van der Waals surface area contributed by atoms with Crippen molar-refractivity contribution in [3.05, 3.63) is 59.7 Å². The van der Waals surface area contributed by atoms with Crippen LogP contribution < -0.4 is 14.8 Å². The molecule has 0 radical (unpaired) electrons. The van der Waals surface area contributed by atoms with Crippen LogP contribution >= 0.6 is 0 Å². The van der Waals surface area contributed by atoms with E-state index in [4.69, 9.17) is 4.74 Å². The molecular weight excluding hydrogens is 522 g/mol. The maximum absolute atomic E-state index is 13.0. The molecule has 4 rings (SSSR count). The number of hydrogen-bond donors (Lipinski definition) is 4. The summed E-state index contributed by atoms with van der Waals surface area (Å²) >= 11 is 0. The van der Waals surface area contributed by atoms with Gasteiger partial charge in [0.15, 0.2) is 6.61 Å². The lowest BCUT2D eigenvalue weighted by Gasteiger charge is -2.43. The minimum Gasteiger partial charge on any atom is -0.483 e. The number of sulfonamides is 1. The number of nitrogens with one attached hydrogen (secondary N) is 2. The molecule has 11 heteroatoms. The molecule has 2 heterocycles. The highest BCUT2D eigenvalue weighted by atomic mass is 32.2. The number of para-hydroxylation sites is 1. The zero-order chi connectivity index (χ0) is 28.0. The third-order valence-corrected chi connectivity index (χ3v) is 9.24. The number of amides is 2. The van der Waals surface area contributed by atoms with Crippen LogP contribution in [0.5, 0.6) is 5.75 Å². The van der Waals surface area contributed by atoms with Crippen molar-refractivity contribution in [3.63, 3.8) is 0 Å². The van der Waals surface area contributed by atoms with Crippen LogP contribution in [0.3, 0.4) is 0 Å². The number of aryl methyl sites for hydroxylation is 1. The summed E-state index contributed by atoms with van der Waals surface area (Å²) in [6.45, 7) is 1.15. The normalized spacial score (nSPS) is 22.1. The molecule has 212 valence electrons. The number of nitrogens with zero attached hydrogens (tertiary/aromatic N) is 1. The molecule has 2 aliphatic rings. The van der Waals surface area contributed by atoms with Gasteiger partial charge >= 0.3 is 0 Å². The maximum atomic E-state index is 13.0. The van der Waals surface area contributed by atoms with E-state index in [2.05, 4.69) is 10.0 Å². The molecule has 10 nitrogen and oxygen atoms in total. The first-order valence-electron chi connectivity index (χ1n) is 13.2. The number of fused-ring (bicyclic) bond motifs is 1. The van der Waals surface area contributed by atoms with Crippen LogP contribution in [0.15, 0.2) is 53.4 Å². The predicted molar refractivity (Wildman–Crippen MR) is 145 cm³/mol. The fourth-order valence-corrected chi connectivity index (χ4v) is 6.01. The van der Waals surface area contributed by atoms with Gasteiger partial charge in [0.05, 0.1) is 17.1 Å². The Bertz CT molecular complexity index is 1260.